The second-order valence-electron chi connectivity index (χ2n) is 6.37. The summed E-state index contributed by atoms with van der Waals surface area (Å²) in [7, 11) is 3.58. The van der Waals surface area contributed by atoms with Gasteiger partial charge in [0.2, 0.25) is 11.8 Å². The quantitative estimate of drug-likeness (QED) is 0.853. The topological polar surface area (TPSA) is 61.9 Å². The number of hydrogen-bond donors (Lipinski definition) is 1. The molecule has 1 aliphatic rings. The zero-order valence-corrected chi connectivity index (χ0v) is 14.3. The van der Waals surface area contributed by atoms with Gasteiger partial charge in [0, 0.05) is 26.2 Å². The van der Waals surface area contributed by atoms with E-state index in [0.717, 1.165) is 13.1 Å². The zero-order chi connectivity index (χ0) is 17.0. The van der Waals surface area contributed by atoms with Gasteiger partial charge in [0.15, 0.2) is 0 Å². The molecule has 6 nitrogen and oxygen atoms in total. The van der Waals surface area contributed by atoms with Gasteiger partial charge in [-0.2, -0.15) is 0 Å². The van der Waals surface area contributed by atoms with Crippen molar-refractivity contribution in [2.45, 2.75) is 13.8 Å². The van der Waals surface area contributed by atoms with E-state index in [1.54, 1.807) is 38.0 Å². The molecule has 1 aromatic carbocycles. The number of carbonyl (C=O) groups excluding carboxylic acids is 2. The van der Waals surface area contributed by atoms with E-state index in [2.05, 4.69) is 10.2 Å². The van der Waals surface area contributed by atoms with E-state index in [0.29, 0.717) is 24.5 Å². The van der Waals surface area contributed by atoms with Crippen molar-refractivity contribution in [1.82, 2.24) is 9.80 Å². The molecule has 1 N–H and O–H groups in total. The summed E-state index contributed by atoms with van der Waals surface area (Å²) in [6.45, 7) is 6.30. The number of nitrogens with zero attached hydrogens (tertiary/aromatic N) is 2. The second-order valence-corrected chi connectivity index (χ2v) is 6.37. The summed E-state index contributed by atoms with van der Waals surface area (Å²) in [6, 6.07) is 7.17. The van der Waals surface area contributed by atoms with Crippen molar-refractivity contribution in [3.8, 4) is 5.75 Å². The molecule has 0 unspecified atom stereocenters. The Hall–Kier alpha value is -2.08. The summed E-state index contributed by atoms with van der Waals surface area (Å²) in [4.78, 5) is 29.3. The van der Waals surface area contributed by atoms with Gasteiger partial charge in [-0.15, -0.1) is 0 Å². The first-order valence-electron chi connectivity index (χ1n) is 7.78. The number of hydrogen-bond acceptors (Lipinski definition) is 4. The molecule has 1 heterocycles. The Morgan fingerprint density at radius 3 is 2.35 bits per heavy atom. The fraction of sp³-hybridized carbons (Fsp3) is 0.529. The van der Waals surface area contributed by atoms with Crippen molar-refractivity contribution in [2.24, 2.45) is 5.41 Å². The maximum absolute atomic E-state index is 12.7. The minimum Gasteiger partial charge on any atom is -0.495 e. The van der Waals surface area contributed by atoms with Crippen LogP contribution in [0.3, 0.4) is 0 Å². The van der Waals surface area contributed by atoms with Crippen LogP contribution >= 0.6 is 0 Å². The highest BCUT2D eigenvalue weighted by molar-refractivity contribution is 6.10. The molecule has 0 bridgehead atoms. The van der Waals surface area contributed by atoms with Gasteiger partial charge >= 0.3 is 0 Å². The standard InChI is InChI=1S/C17H25N3O3/c1-17(2,16(22)20-11-9-19(3)10-12-20)15(21)18-13-7-5-6-8-14(13)23-4/h5-8H,9-12H2,1-4H3,(H,18,21). The highest BCUT2D eigenvalue weighted by Crippen LogP contribution is 2.27. The third-order valence-electron chi connectivity index (χ3n) is 4.25. The van der Waals surface area contributed by atoms with Gasteiger partial charge in [0.1, 0.15) is 11.2 Å². The lowest BCUT2D eigenvalue weighted by molar-refractivity contribution is -0.147. The number of nitrogens with one attached hydrogen (secondary N) is 1. The van der Waals surface area contributed by atoms with E-state index in [1.807, 2.05) is 19.2 Å². The van der Waals surface area contributed by atoms with Crippen molar-refractivity contribution in [3.05, 3.63) is 24.3 Å². The monoisotopic (exact) mass is 319 g/mol. The van der Waals surface area contributed by atoms with Gasteiger partial charge in [-0.3, -0.25) is 9.59 Å². The SMILES string of the molecule is COc1ccccc1NC(=O)C(C)(C)C(=O)N1CCN(C)CC1. The van der Waals surface area contributed by atoms with Crippen LogP contribution in [-0.2, 0) is 9.59 Å². The second kappa shape index (κ2) is 7.00. The maximum Gasteiger partial charge on any atom is 0.239 e. The van der Waals surface area contributed by atoms with Crippen molar-refractivity contribution >= 4 is 17.5 Å². The van der Waals surface area contributed by atoms with Gasteiger partial charge in [-0.1, -0.05) is 12.1 Å². The average Bonchev–Trinajstić information content (AvgIpc) is 2.55. The number of ether oxygens (including phenoxy) is 1. The Morgan fingerprint density at radius 1 is 1.13 bits per heavy atom. The number of benzene rings is 1. The van der Waals surface area contributed by atoms with Crippen molar-refractivity contribution in [2.75, 3.05) is 45.7 Å². The lowest BCUT2D eigenvalue weighted by Crippen LogP contribution is -2.53. The third kappa shape index (κ3) is 3.82. The van der Waals surface area contributed by atoms with Crippen molar-refractivity contribution < 1.29 is 14.3 Å². The molecule has 2 rings (SSSR count). The van der Waals surface area contributed by atoms with E-state index in [1.165, 1.54) is 0 Å². The van der Waals surface area contributed by atoms with Gasteiger partial charge < -0.3 is 19.9 Å². The number of carbonyl (C=O) groups is 2. The lowest BCUT2D eigenvalue weighted by atomic mass is 9.89. The molecule has 1 saturated heterocycles. The first kappa shape index (κ1) is 17.3. The van der Waals surface area contributed by atoms with Gasteiger partial charge in [-0.25, -0.2) is 0 Å². The number of amides is 2. The Morgan fingerprint density at radius 2 is 1.74 bits per heavy atom. The summed E-state index contributed by atoms with van der Waals surface area (Å²) in [5.74, 6) is 0.104. The highest BCUT2D eigenvalue weighted by atomic mass is 16.5. The molecular formula is C17H25N3O3. The fourth-order valence-electron chi connectivity index (χ4n) is 2.53. The van der Waals surface area contributed by atoms with E-state index in [-0.39, 0.29) is 11.8 Å². The van der Waals surface area contributed by atoms with Gasteiger partial charge in [-0.05, 0) is 33.0 Å². The fourth-order valence-corrected chi connectivity index (χ4v) is 2.53. The molecule has 0 aromatic heterocycles. The minimum absolute atomic E-state index is 0.141. The predicted octanol–water partition coefficient (Wildman–Crippen LogP) is 1.43. The predicted molar refractivity (Wildman–Crippen MR) is 89.5 cm³/mol. The van der Waals surface area contributed by atoms with Gasteiger partial charge in [0.25, 0.3) is 0 Å². The van der Waals surface area contributed by atoms with Crippen LogP contribution in [-0.4, -0.2) is 62.0 Å². The highest BCUT2D eigenvalue weighted by Gasteiger charge is 2.40. The Balaban J connectivity index is 2.08. The van der Waals surface area contributed by atoms with E-state index < -0.39 is 5.41 Å². The van der Waals surface area contributed by atoms with Crippen molar-refractivity contribution in [3.63, 3.8) is 0 Å². The summed E-state index contributed by atoms with van der Waals surface area (Å²) in [6.07, 6.45) is 0. The summed E-state index contributed by atoms with van der Waals surface area (Å²) < 4.78 is 5.23. The molecule has 0 aliphatic carbocycles. The summed E-state index contributed by atoms with van der Waals surface area (Å²) in [5, 5.41) is 2.81. The number of methoxy groups -OCH3 is 1. The number of likely N-dealkylation sites (N-methyl/N-ethyl adjacent to an activating group) is 1. The third-order valence-corrected chi connectivity index (χ3v) is 4.25. The molecule has 0 radical (unpaired) electrons. The molecule has 23 heavy (non-hydrogen) atoms. The normalized spacial score (nSPS) is 16.1. The summed E-state index contributed by atoms with van der Waals surface area (Å²) >= 11 is 0. The number of para-hydroxylation sites is 2. The molecular weight excluding hydrogens is 294 g/mol. The molecule has 0 saturated carbocycles. The summed E-state index contributed by atoms with van der Waals surface area (Å²) in [5.41, 5.74) is -0.559. The van der Waals surface area contributed by atoms with Gasteiger partial charge in [0.05, 0.1) is 12.8 Å². The lowest BCUT2D eigenvalue weighted by Gasteiger charge is -2.36. The van der Waals surface area contributed by atoms with Crippen LogP contribution in [0, 0.1) is 5.41 Å². The Bertz CT molecular complexity index is 578. The van der Waals surface area contributed by atoms with Crippen LogP contribution in [0.4, 0.5) is 5.69 Å². The zero-order valence-electron chi connectivity index (χ0n) is 14.3. The van der Waals surface area contributed by atoms with E-state index in [9.17, 15) is 9.59 Å². The average molecular weight is 319 g/mol. The Kier molecular flexibility index (Phi) is 5.26. The molecule has 1 aliphatic heterocycles. The molecule has 2 amide bonds. The minimum atomic E-state index is -1.13. The smallest absolute Gasteiger partial charge is 0.239 e. The van der Waals surface area contributed by atoms with E-state index in [4.69, 9.17) is 4.74 Å². The van der Waals surface area contributed by atoms with Crippen LogP contribution in [0.1, 0.15) is 13.8 Å². The first-order chi connectivity index (χ1) is 10.9. The van der Waals surface area contributed by atoms with Crippen LogP contribution in [0.25, 0.3) is 0 Å². The first-order valence-corrected chi connectivity index (χ1v) is 7.78. The van der Waals surface area contributed by atoms with E-state index >= 15 is 0 Å². The number of piperazine rings is 1. The van der Waals surface area contributed by atoms with Crippen LogP contribution in [0.5, 0.6) is 5.75 Å². The van der Waals surface area contributed by atoms with Crippen LogP contribution in [0.15, 0.2) is 24.3 Å². The van der Waals surface area contributed by atoms with Crippen molar-refractivity contribution in [1.29, 1.82) is 0 Å². The molecule has 6 heteroatoms. The molecule has 1 fully saturated rings. The largest absolute Gasteiger partial charge is 0.495 e. The molecule has 0 spiro atoms. The number of rotatable bonds is 4. The maximum atomic E-state index is 12.7. The Labute approximate surface area is 137 Å². The molecule has 0 atom stereocenters. The number of anilines is 1. The molecule has 1 aromatic rings. The van der Waals surface area contributed by atoms with Crippen LogP contribution in [0.2, 0.25) is 0 Å². The van der Waals surface area contributed by atoms with Crippen LogP contribution < -0.4 is 10.1 Å². The molecule has 126 valence electrons.